The topological polar surface area (TPSA) is 49.9 Å². The van der Waals surface area contributed by atoms with Crippen LogP contribution in [0.5, 0.6) is 0 Å². The molecule has 2 amide bonds. The Labute approximate surface area is 135 Å². The minimum Gasteiger partial charge on any atom is -0.378 e. The van der Waals surface area contributed by atoms with Gasteiger partial charge in [-0.05, 0) is 24.1 Å². The summed E-state index contributed by atoms with van der Waals surface area (Å²) in [6, 6.07) is 6.30. The predicted octanol–water partition coefficient (Wildman–Crippen LogP) is 1.08. The Morgan fingerprint density at radius 2 is 1.91 bits per heavy atom. The zero-order valence-electron chi connectivity index (χ0n) is 13.0. The number of hydrogen-bond donors (Lipinski definition) is 0. The van der Waals surface area contributed by atoms with Gasteiger partial charge in [0.25, 0.3) is 0 Å². The number of benzene rings is 1. The summed E-state index contributed by atoms with van der Waals surface area (Å²) in [7, 11) is 0. The standard InChI is InChI=1S/C17H21FN2O3/c18-15-3-1-13(2-4-15)5-6-20-12-14(11-16(20)21)17(22)19-7-9-23-10-8-19/h1-4,14H,5-12H2/t14-/m1/s1. The maximum atomic E-state index is 12.9. The molecule has 2 heterocycles. The first kappa shape index (κ1) is 15.9. The number of carbonyl (C=O) groups is 2. The van der Waals surface area contributed by atoms with Crippen molar-refractivity contribution in [1.82, 2.24) is 9.80 Å². The van der Waals surface area contributed by atoms with Crippen LogP contribution in [0.15, 0.2) is 24.3 Å². The largest absolute Gasteiger partial charge is 0.378 e. The first-order chi connectivity index (χ1) is 11.1. The van der Waals surface area contributed by atoms with Crippen LogP contribution in [0.4, 0.5) is 4.39 Å². The van der Waals surface area contributed by atoms with Crippen molar-refractivity contribution in [1.29, 1.82) is 0 Å². The second-order valence-corrected chi connectivity index (χ2v) is 6.05. The molecule has 1 aromatic carbocycles. The van der Waals surface area contributed by atoms with E-state index >= 15 is 0 Å². The molecule has 2 aliphatic rings. The summed E-state index contributed by atoms with van der Waals surface area (Å²) in [5.41, 5.74) is 0.988. The van der Waals surface area contributed by atoms with Gasteiger partial charge in [-0.25, -0.2) is 4.39 Å². The number of likely N-dealkylation sites (tertiary alicyclic amines) is 1. The predicted molar refractivity (Wildman–Crippen MR) is 82.2 cm³/mol. The molecule has 0 saturated carbocycles. The van der Waals surface area contributed by atoms with E-state index in [9.17, 15) is 14.0 Å². The lowest BCUT2D eigenvalue weighted by Gasteiger charge is -2.29. The van der Waals surface area contributed by atoms with E-state index in [-0.39, 0.29) is 23.5 Å². The fourth-order valence-corrected chi connectivity index (χ4v) is 3.11. The van der Waals surface area contributed by atoms with Crippen LogP contribution < -0.4 is 0 Å². The van der Waals surface area contributed by atoms with E-state index in [0.717, 1.165) is 5.56 Å². The lowest BCUT2D eigenvalue weighted by molar-refractivity contribution is -0.139. The molecule has 1 aromatic rings. The van der Waals surface area contributed by atoms with E-state index in [0.29, 0.717) is 52.2 Å². The number of rotatable bonds is 4. The van der Waals surface area contributed by atoms with Gasteiger partial charge in [0.05, 0.1) is 19.1 Å². The summed E-state index contributed by atoms with van der Waals surface area (Å²) in [5, 5.41) is 0. The third-order valence-electron chi connectivity index (χ3n) is 4.47. The molecular weight excluding hydrogens is 299 g/mol. The molecule has 0 spiro atoms. The Hall–Kier alpha value is -1.95. The van der Waals surface area contributed by atoms with Gasteiger partial charge in [0.1, 0.15) is 5.82 Å². The SMILES string of the molecule is O=C1C[C@@H](C(=O)N2CCOCC2)CN1CCc1ccc(F)cc1. The first-order valence-electron chi connectivity index (χ1n) is 8.02. The molecule has 2 fully saturated rings. The zero-order chi connectivity index (χ0) is 16.2. The number of carbonyl (C=O) groups excluding carboxylic acids is 2. The van der Waals surface area contributed by atoms with Gasteiger partial charge >= 0.3 is 0 Å². The molecule has 0 N–H and O–H groups in total. The van der Waals surface area contributed by atoms with Crippen LogP contribution in [0.3, 0.4) is 0 Å². The van der Waals surface area contributed by atoms with Crippen LogP contribution in [0, 0.1) is 11.7 Å². The third-order valence-corrected chi connectivity index (χ3v) is 4.47. The van der Waals surface area contributed by atoms with E-state index in [1.165, 1.54) is 12.1 Å². The summed E-state index contributed by atoms with van der Waals surface area (Å²) in [5.74, 6) is -0.416. The smallest absolute Gasteiger partial charge is 0.228 e. The van der Waals surface area contributed by atoms with Gasteiger partial charge in [0.15, 0.2) is 0 Å². The van der Waals surface area contributed by atoms with Crippen LogP contribution in [0.1, 0.15) is 12.0 Å². The van der Waals surface area contributed by atoms with Crippen LogP contribution in [-0.2, 0) is 20.7 Å². The Balaban J connectivity index is 1.52. The van der Waals surface area contributed by atoms with Gasteiger partial charge < -0.3 is 14.5 Å². The van der Waals surface area contributed by atoms with Crippen LogP contribution in [-0.4, -0.2) is 61.0 Å². The van der Waals surface area contributed by atoms with E-state index in [1.807, 2.05) is 0 Å². The second kappa shape index (κ2) is 7.08. The number of amides is 2. The Morgan fingerprint density at radius 1 is 1.22 bits per heavy atom. The Kier molecular flexibility index (Phi) is 4.91. The molecule has 23 heavy (non-hydrogen) atoms. The van der Waals surface area contributed by atoms with Crippen molar-refractivity contribution < 1.29 is 18.7 Å². The molecule has 5 nitrogen and oxygen atoms in total. The number of morpholine rings is 1. The van der Waals surface area contributed by atoms with Crippen LogP contribution >= 0.6 is 0 Å². The van der Waals surface area contributed by atoms with Gasteiger partial charge in [-0.15, -0.1) is 0 Å². The van der Waals surface area contributed by atoms with Crippen molar-refractivity contribution in [2.24, 2.45) is 5.92 Å². The van der Waals surface area contributed by atoms with E-state index in [2.05, 4.69) is 0 Å². The quantitative estimate of drug-likeness (QED) is 0.834. The van der Waals surface area contributed by atoms with Gasteiger partial charge in [0, 0.05) is 32.6 Å². The van der Waals surface area contributed by atoms with Gasteiger partial charge in [-0.3, -0.25) is 9.59 Å². The van der Waals surface area contributed by atoms with Crippen molar-refractivity contribution in [3.8, 4) is 0 Å². The fraction of sp³-hybridized carbons (Fsp3) is 0.529. The number of nitrogens with zero attached hydrogens (tertiary/aromatic N) is 2. The summed E-state index contributed by atoms with van der Waals surface area (Å²) >= 11 is 0. The second-order valence-electron chi connectivity index (χ2n) is 6.05. The molecule has 0 aromatic heterocycles. The van der Waals surface area contributed by atoms with E-state index in [1.54, 1.807) is 21.9 Å². The Bertz CT molecular complexity index is 570. The molecule has 6 heteroatoms. The lowest BCUT2D eigenvalue weighted by atomic mass is 10.1. The summed E-state index contributed by atoms with van der Waals surface area (Å²) in [6.45, 7) is 3.41. The lowest BCUT2D eigenvalue weighted by Crippen LogP contribution is -2.44. The van der Waals surface area contributed by atoms with E-state index < -0.39 is 0 Å². The molecular formula is C17H21FN2O3. The molecule has 0 bridgehead atoms. The van der Waals surface area contributed by atoms with E-state index in [4.69, 9.17) is 4.74 Å². The minimum atomic E-state index is -0.262. The van der Waals surface area contributed by atoms with Gasteiger partial charge in [-0.2, -0.15) is 0 Å². The van der Waals surface area contributed by atoms with Crippen molar-refractivity contribution in [2.75, 3.05) is 39.4 Å². The normalized spacial score (nSPS) is 21.8. The molecule has 124 valence electrons. The van der Waals surface area contributed by atoms with Crippen molar-refractivity contribution in [3.63, 3.8) is 0 Å². The minimum absolute atomic E-state index is 0.0266. The average Bonchev–Trinajstić information content (AvgIpc) is 2.95. The monoisotopic (exact) mass is 320 g/mol. The van der Waals surface area contributed by atoms with Gasteiger partial charge in [-0.1, -0.05) is 12.1 Å². The number of ether oxygens (including phenoxy) is 1. The number of halogens is 1. The molecule has 0 radical (unpaired) electrons. The molecule has 3 rings (SSSR count). The summed E-state index contributed by atoms with van der Waals surface area (Å²) < 4.78 is 18.1. The highest BCUT2D eigenvalue weighted by molar-refractivity contribution is 5.89. The third kappa shape index (κ3) is 3.88. The van der Waals surface area contributed by atoms with Crippen LogP contribution in [0.25, 0.3) is 0 Å². The highest BCUT2D eigenvalue weighted by Gasteiger charge is 2.36. The van der Waals surface area contributed by atoms with Crippen LogP contribution in [0.2, 0.25) is 0 Å². The summed E-state index contributed by atoms with van der Waals surface area (Å²) in [4.78, 5) is 28.1. The summed E-state index contributed by atoms with van der Waals surface area (Å²) in [6.07, 6.45) is 0.962. The Morgan fingerprint density at radius 3 is 2.61 bits per heavy atom. The molecule has 2 saturated heterocycles. The molecule has 1 atom stereocenters. The average molecular weight is 320 g/mol. The maximum Gasteiger partial charge on any atom is 0.228 e. The molecule has 2 aliphatic heterocycles. The van der Waals surface area contributed by atoms with Crippen molar-refractivity contribution in [2.45, 2.75) is 12.8 Å². The molecule has 0 aliphatic carbocycles. The van der Waals surface area contributed by atoms with Crippen molar-refractivity contribution in [3.05, 3.63) is 35.6 Å². The van der Waals surface area contributed by atoms with Crippen molar-refractivity contribution >= 4 is 11.8 Å². The first-order valence-corrected chi connectivity index (χ1v) is 8.02. The fourth-order valence-electron chi connectivity index (χ4n) is 3.11. The maximum absolute atomic E-state index is 12.9. The highest BCUT2D eigenvalue weighted by Crippen LogP contribution is 2.21. The highest BCUT2D eigenvalue weighted by atomic mass is 19.1. The number of hydrogen-bond acceptors (Lipinski definition) is 3. The molecule has 0 unspecified atom stereocenters. The van der Waals surface area contributed by atoms with Gasteiger partial charge in [0.2, 0.25) is 11.8 Å². The zero-order valence-corrected chi connectivity index (χ0v) is 13.0.